The minimum Gasteiger partial charge on any atom is -0.309 e. The molecule has 4 nitrogen and oxygen atoms in total. The second kappa shape index (κ2) is 7.03. The average molecular weight is 324 g/mol. The van der Waals surface area contributed by atoms with E-state index in [1.165, 1.54) is 12.4 Å². The van der Waals surface area contributed by atoms with Gasteiger partial charge in [0.05, 0.1) is 18.3 Å². The standard InChI is InChI=1S/C18H14ClN3O/c19-15-11-20-12-16(21-15)22-18(23)17(13-7-3-1-4-8-13)14-9-5-2-6-10-14/h1-12,17H,(H,21,22,23). The minimum atomic E-state index is -0.432. The van der Waals surface area contributed by atoms with Crippen LogP contribution in [0.3, 0.4) is 0 Å². The fourth-order valence-electron chi connectivity index (χ4n) is 2.39. The molecule has 1 amide bonds. The molecule has 0 saturated carbocycles. The van der Waals surface area contributed by atoms with E-state index in [1.807, 2.05) is 60.7 Å². The number of halogens is 1. The maximum absolute atomic E-state index is 12.8. The topological polar surface area (TPSA) is 54.9 Å². The molecule has 0 bridgehead atoms. The highest BCUT2D eigenvalue weighted by molar-refractivity contribution is 6.29. The highest BCUT2D eigenvalue weighted by Gasteiger charge is 2.23. The van der Waals surface area contributed by atoms with Gasteiger partial charge in [0.25, 0.3) is 0 Å². The Morgan fingerprint density at radius 3 is 2.00 bits per heavy atom. The third-order valence-corrected chi connectivity index (χ3v) is 3.57. The lowest BCUT2D eigenvalue weighted by Gasteiger charge is -2.17. The predicted molar refractivity (Wildman–Crippen MR) is 90.4 cm³/mol. The van der Waals surface area contributed by atoms with Crippen LogP contribution < -0.4 is 5.32 Å². The van der Waals surface area contributed by atoms with Crippen LogP contribution in [0.4, 0.5) is 5.82 Å². The van der Waals surface area contributed by atoms with Gasteiger partial charge in [-0.15, -0.1) is 0 Å². The fourth-order valence-corrected chi connectivity index (χ4v) is 2.53. The molecule has 0 saturated heterocycles. The first kappa shape index (κ1) is 15.2. The zero-order valence-corrected chi connectivity index (χ0v) is 12.9. The normalized spacial score (nSPS) is 10.5. The van der Waals surface area contributed by atoms with Crippen molar-refractivity contribution in [3.63, 3.8) is 0 Å². The van der Waals surface area contributed by atoms with E-state index in [0.717, 1.165) is 11.1 Å². The zero-order valence-electron chi connectivity index (χ0n) is 12.2. The summed E-state index contributed by atoms with van der Waals surface area (Å²) < 4.78 is 0. The molecule has 0 aliphatic rings. The van der Waals surface area contributed by atoms with Crippen LogP contribution in [0.1, 0.15) is 17.0 Å². The summed E-state index contributed by atoms with van der Waals surface area (Å²) in [6, 6.07) is 19.2. The molecule has 3 rings (SSSR count). The number of aromatic nitrogens is 2. The number of anilines is 1. The van der Waals surface area contributed by atoms with Crippen LogP contribution in [-0.2, 0) is 4.79 Å². The van der Waals surface area contributed by atoms with Gasteiger partial charge in [-0.2, -0.15) is 0 Å². The minimum absolute atomic E-state index is 0.182. The van der Waals surface area contributed by atoms with Gasteiger partial charge in [-0.3, -0.25) is 9.78 Å². The summed E-state index contributed by atoms with van der Waals surface area (Å²) in [5, 5.41) is 3.02. The van der Waals surface area contributed by atoms with Gasteiger partial charge >= 0.3 is 0 Å². The van der Waals surface area contributed by atoms with Gasteiger partial charge in [0.1, 0.15) is 5.15 Å². The molecule has 5 heteroatoms. The van der Waals surface area contributed by atoms with Crippen molar-refractivity contribution in [1.29, 1.82) is 0 Å². The molecule has 0 aliphatic carbocycles. The lowest BCUT2D eigenvalue weighted by Crippen LogP contribution is -2.22. The molecular weight excluding hydrogens is 310 g/mol. The highest BCUT2D eigenvalue weighted by Crippen LogP contribution is 2.26. The first-order valence-corrected chi connectivity index (χ1v) is 7.50. The Morgan fingerprint density at radius 2 is 1.48 bits per heavy atom. The van der Waals surface area contributed by atoms with Gasteiger partial charge in [-0.05, 0) is 11.1 Å². The molecular formula is C18H14ClN3O. The average Bonchev–Trinajstić information content (AvgIpc) is 2.57. The lowest BCUT2D eigenvalue weighted by molar-refractivity contribution is -0.116. The van der Waals surface area contributed by atoms with E-state index in [2.05, 4.69) is 15.3 Å². The predicted octanol–water partition coefficient (Wildman–Crippen LogP) is 3.90. The van der Waals surface area contributed by atoms with Gasteiger partial charge in [0.15, 0.2) is 5.82 Å². The van der Waals surface area contributed by atoms with Crippen molar-refractivity contribution >= 4 is 23.3 Å². The Bertz CT molecular complexity index is 754. The molecule has 0 radical (unpaired) electrons. The molecule has 0 atom stereocenters. The maximum Gasteiger partial charge on any atom is 0.237 e. The molecule has 114 valence electrons. The van der Waals surface area contributed by atoms with Crippen molar-refractivity contribution in [2.45, 2.75) is 5.92 Å². The molecule has 23 heavy (non-hydrogen) atoms. The van der Waals surface area contributed by atoms with Crippen LogP contribution in [-0.4, -0.2) is 15.9 Å². The number of amides is 1. The Morgan fingerprint density at radius 1 is 0.913 bits per heavy atom. The summed E-state index contributed by atoms with van der Waals surface area (Å²) in [5.74, 6) is -0.281. The van der Waals surface area contributed by atoms with E-state index in [9.17, 15) is 4.79 Å². The van der Waals surface area contributed by atoms with Gasteiger partial charge < -0.3 is 5.32 Å². The molecule has 1 N–H and O–H groups in total. The van der Waals surface area contributed by atoms with Crippen LogP contribution in [0.5, 0.6) is 0 Å². The molecule has 0 aliphatic heterocycles. The van der Waals surface area contributed by atoms with Gasteiger partial charge in [-0.1, -0.05) is 72.3 Å². The zero-order chi connectivity index (χ0) is 16.1. The number of nitrogens with zero attached hydrogens (tertiary/aromatic N) is 2. The Kier molecular flexibility index (Phi) is 4.64. The number of hydrogen-bond acceptors (Lipinski definition) is 3. The first-order valence-electron chi connectivity index (χ1n) is 7.12. The number of rotatable bonds is 4. The van der Waals surface area contributed by atoms with Gasteiger partial charge in [-0.25, -0.2) is 4.98 Å². The van der Waals surface area contributed by atoms with E-state index in [0.29, 0.717) is 5.82 Å². The summed E-state index contributed by atoms with van der Waals surface area (Å²) in [5.41, 5.74) is 1.82. The van der Waals surface area contributed by atoms with Gasteiger partial charge in [0.2, 0.25) is 5.91 Å². The molecule has 0 spiro atoms. The smallest absolute Gasteiger partial charge is 0.237 e. The molecule has 3 aromatic rings. The Labute approximate surface area is 139 Å². The van der Waals surface area contributed by atoms with Crippen LogP contribution in [0.25, 0.3) is 0 Å². The highest BCUT2D eigenvalue weighted by atomic mass is 35.5. The molecule has 0 fully saturated rings. The van der Waals surface area contributed by atoms with Gasteiger partial charge in [0, 0.05) is 0 Å². The summed E-state index contributed by atoms with van der Waals surface area (Å²) in [6.45, 7) is 0. The molecule has 1 aromatic heterocycles. The SMILES string of the molecule is O=C(Nc1cncc(Cl)n1)C(c1ccccc1)c1ccccc1. The molecule has 2 aromatic carbocycles. The third kappa shape index (κ3) is 3.73. The number of benzene rings is 2. The summed E-state index contributed by atoms with van der Waals surface area (Å²) >= 11 is 5.82. The molecule has 0 unspecified atom stereocenters. The van der Waals surface area contributed by atoms with E-state index >= 15 is 0 Å². The van der Waals surface area contributed by atoms with Crippen molar-refractivity contribution < 1.29 is 4.79 Å². The third-order valence-electron chi connectivity index (χ3n) is 3.38. The van der Waals surface area contributed by atoms with Crippen molar-refractivity contribution in [3.8, 4) is 0 Å². The van der Waals surface area contributed by atoms with Crippen molar-refractivity contribution in [3.05, 3.63) is 89.3 Å². The number of nitrogens with one attached hydrogen (secondary N) is 1. The number of carbonyl (C=O) groups is 1. The van der Waals surface area contributed by atoms with Crippen molar-refractivity contribution in [2.24, 2.45) is 0 Å². The lowest BCUT2D eigenvalue weighted by atomic mass is 9.90. The van der Waals surface area contributed by atoms with E-state index in [-0.39, 0.29) is 11.1 Å². The quantitative estimate of drug-likeness (QED) is 0.792. The van der Waals surface area contributed by atoms with Crippen molar-refractivity contribution in [1.82, 2.24) is 9.97 Å². The summed E-state index contributed by atoms with van der Waals surface area (Å²) in [7, 11) is 0. The monoisotopic (exact) mass is 323 g/mol. The van der Waals surface area contributed by atoms with Crippen LogP contribution >= 0.6 is 11.6 Å². The first-order chi connectivity index (χ1) is 11.2. The summed E-state index contributed by atoms with van der Waals surface area (Å²) in [6.07, 6.45) is 2.89. The van der Waals surface area contributed by atoms with E-state index < -0.39 is 5.92 Å². The number of hydrogen-bond donors (Lipinski definition) is 1. The summed E-state index contributed by atoms with van der Waals surface area (Å²) in [4.78, 5) is 20.8. The van der Waals surface area contributed by atoms with Crippen LogP contribution in [0.2, 0.25) is 5.15 Å². The maximum atomic E-state index is 12.8. The second-order valence-electron chi connectivity index (χ2n) is 4.97. The fraction of sp³-hybridized carbons (Fsp3) is 0.0556. The number of carbonyl (C=O) groups excluding carboxylic acids is 1. The van der Waals surface area contributed by atoms with E-state index in [4.69, 9.17) is 11.6 Å². The van der Waals surface area contributed by atoms with E-state index in [1.54, 1.807) is 0 Å². The Hall–Kier alpha value is -2.72. The van der Waals surface area contributed by atoms with Crippen molar-refractivity contribution in [2.75, 3.05) is 5.32 Å². The second-order valence-corrected chi connectivity index (χ2v) is 5.36. The molecule has 1 heterocycles. The van der Waals surface area contributed by atoms with Crippen LogP contribution in [0, 0.1) is 0 Å². The van der Waals surface area contributed by atoms with Crippen LogP contribution in [0.15, 0.2) is 73.1 Å². The Balaban J connectivity index is 1.94. The largest absolute Gasteiger partial charge is 0.309 e.